The van der Waals surface area contributed by atoms with Crippen LogP contribution in [0.3, 0.4) is 0 Å². The number of halogens is 1. The molecule has 2 fully saturated rings. The summed E-state index contributed by atoms with van der Waals surface area (Å²) in [5.41, 5.74) is -0.0282. The number of piperidine rings is 1. The Morgan fingerprint density at radius 2 is 2.20 bits per heavy atom. The number of rotatable bonds is 6. The van der Waals surface area contributed by atoms with Gasteiger partial charge in [0.2, 0.25) is 0 Å². The zero-order valence-corrected chi connectivity index (χ0v) is 15.4. The van der Waals surface area contributed by atoms with Crippen molar-refractivity contribution in [3.8, 4) is 5.75 Å². The highest BCUT2D eigenvalue weighted by atomic mass is 35.5. The minimum atomic E-state index is -0.750. The maximum Gasteiger partial charge on any atom is 0.256 e. The van der Waals surface area contributed by atoms with E-state index in [0.29, 0.717) is 19.4 Å². The van der Waals surface area contributed by atoms with Gasteiger partial charge >= 0.3 is 0 Å². The van der Waals surface area contributed by atoms with E-state index in [-0.39, 0.29) is 24.4 Å². The minimum absolute atomic E-state index is 0. The van der Waals surface area contributed by atoms with Gasteiger partial charge in [-0.3, -0.25) is 4.79 Å². The first kappa shape index (κ1) is 20.0. The van der Waals surface area contributed by atoms with Crippen molar-refractivity contribution in [2.45, 2.75) is 37.4 Å². The average molecular weight is 371 g/mol. The lowest BCUT2D eigenvalue weighted by Crippen LogP contribution is -2.51. The van der Waals surface area contributed by atoms with Crippen molar-refractivity contribution in [2.75, 3.05) is 38.7 Å². The molecule has 7 heteroatoms. The molecule has 1 aromatic carbocycles. The third kappa shape index (κ3) is 5.07. The van der Waals surface area contributed by atoms with Crippen molar-refractivity contribution in [2.24, 2.45) is 0 Å². The minimum Gasteiger partial charge on any atom is -0.491 e. The van der Waals surface area contributed by atoms with E-state index in [1.807, 2.05) is 24.3 Å². The zero-order chi connectivity index (χ0) is 16.8. The smallest absolute Gasteiger partial charge is 0.256 e. The first-order valence-electron chi connectivity index (χ1n) is 8.64. The summed E-state index contributed by atoms with van der Waals surface area (Å²) >= 11 is 0. The highest BCUT2D eigenvalue weighted by Crippen LogP contribution is 2.26. The third-order valence-electron chi connectivity index (χ3n) is 4.77. The van der Waals surface area contributed by atoms with Crippen LogP contribution in [-0.2, 0) is 14.3 Å². The van der Waals surface area contributed by atoms with Crippen LogP contribution in [0.1, 0.15) is 25.7 Å². The summed E-state index contributed by atoms with van der Waals surface area (Å²) in [7, 11) is 1.60. The number of nitrogens with one attached hydrogen (secondary N) is 2. The second kappa shape index (κ2) is 9.38. The van der Waals surface area contributed by atoms with Crippen LogP contribution in [0.15, 0.2) is 24.3 Å². The van der Waals surface area contributed by atoms with Crippen LogP contribution in [0.25, 0.3) is 0 Å². The molecule has 2 saturated heterocycles. The van der Waals surface area contributed by atoms with E-state index in [1.54, 1.807) is 7.11 Å². The zero-order valence-electron chi connectivity index (χ0n) is 14.6. The average Bonchev–Trinajstić information content (AvgIpc) is 3.14. The Bertz CT molecular complexity index is 558. The van der Waals surface area contributed by atoms with Crippen molar-refractivity contribution >= 4 is 24.0 Å². The lowest BCUT2D eigenvalue weighted by Gasteiger charge is -2.34. The van der Waals surface area contributed by atoms with Gasteiger partial charge in [-0.1, -0.05) is 6.07 Å². The molecule has 1 unspecified atom stereocenters. The molecule has 0 aliphatic carbocycles. The van der Waals surface area contributed by atoms with E-state index in [1.165, 1.54) is 0 Å². The first-order valence-corrected chi connectivity index (χ1v) is 8.64. The van der Waals surface area contributed by atoms with Crippen molar-refractivity contribution in [1.82, 2.24) is 5.32 Å². The van der Waals surface area contributed by atoms with Crippen LogP contribution < -0.4 is 15.4 Å². The SMILES string of the molecule is COC1(C(=O)Nc2cccc(OCC3CCCO3)c2)CCNCC1.Cl. The number of carbonyl (C=O) groups is 1. The van der Waals surface area contributed by atoms with Crippen LogP contribution in [0.5, 0.6) is 5.75 Å². The summed E-state index contributed by atoms with van der Waals surface area (Å²) in [5, 5.41) is 6.22. The lowest BCUT2D eigenvalue weighted by atomic mass is 9.91. The maximum absolute atomic E-state index is 12.7. The molecule has 0 spiro atoms. The Morgan fingerprint density at radius 1 is 1.40 bits per heavy atom. The number of carbonyl (C=O) groups excluding carboxylic acids is 1. The molecule has 2 heterocycles. The fraction of sp³-hybridized carbons (Fsp3) is 0.611. The maximum atomic E-state index is 12.7. The number of amides is 1. The van der Waals surface area contributed by atoms with E-state index in [2.05, 4.69) is 10.6 Å². The van der Waals surface area contributed by atoms with Gasteiger partial charge in [0.1, 0.15) is 18.0 Å². The Balaban J connectivity index is 0.00000225. The monoisotopic (exact) mass is 370 g/mol. The van der Waals surface area contributed by atoms with Gasteiger partial charge in [-0.2, -0.15) is 0 Å². The van der Waals surface area contributed by atoms with Gasteiger partial charge in [-0.25, -0.2) is 0 Å². The highest BCUT2D eigenvalue weighted by molar-refractivity contribution is 5.97. The standard InChI is InChI=1S/C18H26N2O4.ClH/c1-22-18(7-9-19-10-8-18)17(21)20-14-4-2-5-15(12-14)24-13-16-6-3-11-23-16;/h2,4-5,12,16,19H,3,6-11,13H2,1H3,(H,20,21);1H. The number of methoxy groups -OCH3 is 1. The second-order valence-corrected chi connectivity index (χ2v) is 6.38. The van der Waals surface area contributed by atoms with Crippen molar-refractivity contribution in [3.05, 3.63) is 24.3 Å². The molecular formula is C18H27ClN2O4. The van der Waals surface area contributed by atoms with Gasteiger partial charge in [0, 0.05) is 25.5 Å². The van der Waals surface area contributed by atoms with Crippen molar-refractivity contribution < 1.29 is 19.0 Å². The molecule has 0 bridgehead atoms. The summed E-state index contributed by atoms with van der Waals surface area (Å²) in [6.07, 6.45) is 3.66. The largest absolute Gasteiger partial charge is 0.491 e. The molecule has 2 aliphatic rings. The molecule has 1 atom stereocenters. The molecule has 25 heavy (non-hydrogen) atoms. The summed E-state index contributed by atoms with van der Waals surface area (Å²) in [6, 6.07) is 7.47. The van der Waals surface area contributed by atoms with E-state index in [0.717, 1.165) is 44.0 Å². The number of ether oxygens (including phenoxy) is 3. The van der Waals surface area contributed by atoms with Crippen LogP contribution in [0, 0.1) is 0 Å². The molecule has 1 aromatic rings. The third-order valence-corrected chi connectivity index (χ3v) is 4.77. The number of hydrogen-bond donors (Lipinski definition) is 2. The van der Waals surface area contributed by atoms with Gasteiger partial charge in [-0.05, 0) is 50.9 Å². The van der Waals surface area contributed by atoms with Crippen LogP contribution in [0.2, 0.25) is 0 Å². The summed E-state index contributed by atoms with van der Waals surface area (Å²) in [6.45, 7) is 2.93. The summed E-state index contributed by atoms with van der Waals surface area (Å²) in [5.74, 6) is 0.642. The van der Waals surface area contributed by atoms with Gasteiger partial charge in [0.25, 0.3) is 5.91 Å². The molecule has 2 N–H and O–H groups in total. The predicted molar refractivity (Wildman–Crippen MR) is 98.6 cm³/mol. The normalized spacial score (nSPS) is 22.0. The summed E-state index contributed by atoms with van der Waals surface area (Å²) in [4.78, 5) is 12.7. The number of hydrogen-bond acceptors (Lipinski definition) is 5. The second-order valence-electron chi connectivity index (χ2n) is 6.38. The molecule has 0 saturated carbocycles. The molecule has 0 radical (unpaired) electrons. The van der Waals surface area contributed by atoms with Gasteiger partial charge in [0.15, 0.2) is 0 Å². The van der Waals surface area contributed by atoms with Gasteiger partial charge < -0.3 is 24.8 Å². The summed E-state index contributed by atoms with van der Waals surface area (Å²) < 4.78 is 16.9. The molecule has 140 valence electrons. The van der Waals surface area contributed by atoms with Crippen LogP contribution in [-0.4, -0.2) is 51.0 Å². The molecule has 1 amide bonds. The molecule has 6 nitrogen and oxygen atoms in total. The van der Waals surface area contributed by atoms with Crippen LogP contribution >= 0.6 is 12.4 Å². The van der Waals surface area contributed by atoms with Gasteiger partial charge in [-0.15, -0.1) is 12.4 Å². The van der Waals surface area contributed by atoms with E-state index in [4.69, 9.17) is 14.2 Å². The quantitative estimate of drug-likeness (QED) is 0.804. The Kier molecular flexibility index (Phi) is 7.50. The Morgan fingerprint density at radius 3 is 2.88 bits per heavy atom. The number of benzene rings is 1. The lowest BCUT2D eigenvalue weighted by molar-refractivity contribution is -0.140. The molecule has 3 rings (SSSR count). The fourth-order valence-electron chi connectivity index (χ4n) is 3.23. The van der Waals surface area contributed by atoms with E-state index in [9.17, 15) is 4.79 Å². The van der Waals surface area contributed by atoms with Crippen LogP contribution in [0.4, 0.5) is 5.69 Å². The fourth-order valence-corrected chi connectivity index (χ4v) is 3.23. The molecule has 0 aromatic heterocycles. The Hall–Kier alpha value is -1.34. The van der Waals surface area contributed by atoms with Crippen molar-refractivity contribution in [1.29, 1.82) is 0 Å². The highest BCUT2D eigenvalue weighted by Gasteiger charge is 2.39. The Labute approximate surface area is 155 Å². The van der Waals surface area contributed by atoms with E-state index < -0.39 is 5.60 Å². The predicted octanol–water partition coefficient (Wildman–Crippen LogP) is 2.37. The van der Waals surface area contributed by atoms with Crippen molar-refractivity contribution in [3.63, 3.8) is 0 Å². The first-order chi connectivity index (χ1) is 11.7. The van der Waals surface area contributed by atoms with E-state index >= 15 is 0 Å². The van der Waals surface area contributed by atoms with Gasteiger partial charge in [0.05, 0.1) is 6.10 Å². The topological polar surface area (TPSA) is 68.8 Å². The number of anilines is 1. The molecular weight excluding hydrogens is 344 g/mol. The molecule has 2 aliphatic heterocycles.